The van der Waals surface area contributed by atoms with Crippen LogP contribution in [-0.4, -0.2) is 62.6 Å². The van der Waals surface area contributed by atoms with Gasteiger partial charge in [0.2, 0.25) is 5.78 Å². The first kappa shape index (κ1) is 26.9. The molecule has 37 heavy (non-hydrogen) atoms. The number of unbranched alkanes of at least 4 members (excludes halogenated alkanes) is 1. The number of quaternary nitrogens is 1. The van der Waals surface area contributed by atoms with Gasteiger partial charge >= 0.3 is 0 Å². The Labute approximate surface area is 219 Å². The molecule has 2 saturated heterocycles. The Morgan fingerprint density at radius 2 is 1.81 bits per heavy atom. The lowest BCUT2D eigenvalue weighted by Gasteiger charge is -2.29. The number of amides is 1. The highest BCUT2D eigenvalue weighted by molar-refractivity contribution is 6.46. The molecule has 4 rings (SSSR count). The lowest BCUT2D eigenvalue weighted by Crippen LogP contribution is -3.14. The van der Waals surface area contributed by atoms with Crippen molar-refractivity contribution in [2.75, 3.05) is 46.0 Å². The van der Waals surface area contributed by atoms with E-state index in [9.17, 15) is 14.7 Å². The van der Waals surface area contributed by atoms with Crippen molar-refractivity contribution in [3.63, 3.8) is 0 Å². The molecule has 2 heterocycles. The summed E-state index contributed by atoms with van der Waals surface area (Å²) in [6.45, 7) is 11.3. The predicted molar refractivity (Wildman–Crippen MR) is 140 cm³/mol. The largest absolute Gasteiger partial charge is 0.872 e. The minimum Gasteiger partial charge on any atom is -0.872 e. The number of ether oxygens (including phenoxy) is 2. The maximum atomic E-state index is 13.7. The molecule has 0 saturated carbocycles. The van der Waals surface area contributed by atoms with Gasteiger partial charge in [-0.15, -0.1) is 0 Å². The van der Waals surface area contributed by atoms with E-state index in [0.717, 1.165) is 74.6 Å². The highest BCUT2D eigenvalue weighted by Gasteiger charge is 2.44. The Bertz CT molecular complexity index is 1140. The minimum absolute atomic E-state index is 0.0339. The Kier molecular flexibility index (Phi) is 9.00. The van der Waals surface area contributed by atoms with Crippen LogP contribution < -0.4 is 14.7 Å². The molecule has 2 aliphatic rings. The van der Waals surface area contributed by atoms with E-state index in [4.69, 9.17) is 9.47 Å². The lowest BCUT2D eigenvalue weighted by atomic mass is 9.94. The van der Waals surface area contributed by atoms with Crippen LogP contribution in [0.25, 0.3) is 5.76 Å². The number of benzene rings is 2. The van der Waals surface area contributed by atoms with Gasteiger partial charge in [-0.05, 0) is 49.1 Å². The second kappa shape index (κ2) is 12.4. The number of rotatable bonds is 10. The third-order valence-corrected chi connectivity index (χ3v) is 7.24. The summed E-state index contributed by atoms with van der Waals surface area (Å²) in [6.07, 6.45) is 2.74. The standard InChI is InChI=1S/C30H38N2O5/c1-4-5-17-37-25-12-11-24(20-22(25)3)28(33)26-27(23-9-7-21(2)8-10-23)32(30(35)29(26)34)14-6-13-31-15-18-36-19-16-31/h7-12,20,27,33H,4-6,13-19H2,1-3H3. The maximum absolute atomic E-state index is 13.7. The topological polar surface area (TPSA) is 83.3 Å². The molecule has 0 aliphatic carbocycles. The van der Waals surface area contributed by atoms with Crippen molar-refractivity contribution >= 4 is 17.4 Å². The van der Waals surface area contributed by atoms with Crippen molar-refractivity contribution in [1.29, 1.82) is 0 Å². The van der Waals surface area contributed by atoms with Gasteiger partial charge in [0.15, 0.2) is 0 Å². The Hall–Kier alpha value is -3.16. The van der Waals surface area contributed by atoms with Crippen LogP contribution in [0.3, 0.4) is 0 Å². The van der Waals surface area contributed by atoms with Crippen LogP contribution in [0.5, 0.6) is 5.75 Å². The summed E-state index contributed by atoms with van der Waals surface area (Å²) in [4.78, 5) is 29.5. The van der Waals surface area contributed by atoms with Gasteiger partial charge in [0, 0.05) is 18.5 Å². The monoisotopic (exact) mass is 506 g/mol. The van der Waals surface area contributed by atoms with Gasteiger partial charge < -0.3 is 24.4 Å². The number of Topliss-reactive ketones (excluding diaryl/α,β-unsaturated/α-hetero) is 1. The molecule has 1 N–H and O–H groups in total. The molecule has 0 bridgehead atoms. The number of likely N-dealkylation sites (tertiary alicyclic amines) is 1. The van der Waals surface area contributed by atoms with Gasteiger partial charge in [0.1, 0.15) is 18.8 Å². The number of ketones is 1. The fraction of sp³-hybridized carbons (Fsp3) is 0.467. The zero-order chi connectivity index (χ0) is 26.4. The summed E-state index contributed by atoms with van der Waals surface area (Å²) in [5, 5.41) is 13.7. The van der Waals surface area contributed by atoms with Crippen LogP contribution in [-0.2, 0) is 14.3 Å². The first-order valence-corrected chi connectivity index (χ1v) is 13.4. The van der Waals surface area contributed by atoms with Crippen LogP contribution in [0.4, 0.5) is 0 Å². The molecule has 2 aromatic carbocycles. The smallest absolute Gasteiger partial charge is 0.295 e. The molecule has 1 atom stereocenters. The van der Waals surface area contributed by atoms with Gasteiger partial charge in [-0.1, -0.05) is 55.0 Å². The van der Waals surface area contributed by atoms with Crippen LogP contribution in [0.15, 0.2) is 48.0 Å². The molecule has 7 nitrogen and oxygen atoms in total. The molecular formula is C30H38N2O5. The first-order valence-electron chi connectivity index (χ1n) is 13.4. The molecular weight excluding hydrogens is 468 g/mol. The number of aryl methyl sites for hydroxylation is 2. The van der Waals surface area contributed by atoms with Crippen molar-refractivity contribution in [3.05, 3.63) is 70.3 Å². The number of morpholine rings is 1. The Balaban J connectivity index is 1.64. The number of nitrogens with zero attached hydrogens (tertiary/aromatic N) is 1. The van der Waals surface area contributed by atoms with E-state index in [1.54, 1.807) is 23.1 Å². The molecule has 198 valence electrons. The first-order chi connectivity index (χ1) is 17.9. The van der Waals surface area contributed by atoms with E-state index < -0.39 is 23.5 Å². The molecule has 0 radical (unpaired) electrons. The lowest BCUT2D eigenvalue weighted by molar-refractivity contribution is -0.908. The summed E-state index contributed by atoms with van der Waals surface area (Å²) >= 11 is 0. The van der Waals surface area contributed by atoms with Gasteiger partial charge in [0.05, 0.1) is 32.4 Å². The Morgan fingerprint density at radius 1 is 1.08 bits per heavy atom. The van der Waals surface area contributed by atoms with Gasteiger partial charge in [-0.25, -0.2) is 0 Å². The van der Waals surface area contributed by atoms with Gasteiger partial charge in [-0.3, -0.25) is 9.59 Å². The second-order valence-electron chi connectivity index (χ2n) is 10.0. The third-order valence-electron chi connectivity index (χ3n) is 7.24. The SMILES string of the molecule is CCCCOc1ccc(C([O-])=C2C(=O)C(=O)N(CCC[NH+]3CCOCC3)C2c2ccc(C)cc2)cc1C. The highest BCUT2D eigenvalue weighted by Crippen LogP contribution is 2.39. The molecule has 0 spiro atoms. The van der Waals surface area contributed by atoms with Crippen LogP contribution in [0.1, 0.15) is 54.5 Å². The van der Waals surface area contributed by atoms with E-state index in [2.05, 4.69) is 6.92 Å². The quantitative estimate of drug-likeness (QED) is 0.231. The van der Waals surface area contributed by atoms with Gasteiger partial charge in [0.25, 0.3) is 5.91 Å². The van der Waals surface area contributed by atoms with Crippen molar-refractivity contribution < 1.29 is 29.1 Å². The van der Waals surface area contributed by atoms with Crippen molar-refractivity contribution in [2.45, 2.75) is 46.1 Å². The summed E-state index contributed by atoms with van der Waals surface area (Å²) < 4.78 is 11.3. The maximum Gasteiger partial charge on any atom is 0.295 e. The average Bonchev–Trinajstić information content (AvgIpc) is 3.15. The summed E-state index contributed by atoms with van der Waals surface area (Å²) in [5.41, 5.74) is 3.11. The number of carbonyl (C=O) groups is 2. The predicted octanol–water partition coefficient (Wildman–Crippen LogP) is 2.01. The highest BCUT2D eigenvalue weighted by atomic mass is 16.5. The van der Waals surface area contributed by atoms with E-state index in [1.165, 1.54) is 4.90 Å². The molecule has 2 fully saturated rings. The normalized spacial score (nSPS) is 20.0. The van der Waals surface area contributed by atoms with E-state index in [0.29, 0.717) is 18.7 Å². The fourth-order valence-electron chi connectivity index (χ4n) is 5.04. The molecule has 1 unspecified atom stereocenters. The average molecular weight is 507 g/mol. The molecule has 0 aromatic heterocycles. The fourth-order valence-corrected chi connectivity index (χ4v) is 5.04. The zero-order valence-electron chi connectivity index (χ0n) is 22.2. The van der Waals surface area contributed by atoms with E-state index in [-0.39, 0.29) is 5.57 Å². The van der Waals surface area contributed by atoms with Crippen molar-refractivity contribution in [2.24, 2.45) is 0 Å². The summed E-state index contributed by atoms with van der Waals surface area (Å²) in [5.74, 6) is -0.961. The van der Waals surface area contributed by atoms with Crippen molar-refractivity contribution in [3.8, 4) is 5.75 Å². The van der Waals surface area contributed by atoms with Crippen LogP contribution in [0, 0.1) is 13.8 Å². The number of carbonyl (C=O) groups excluding carboxylic acids is 2. The molecule has 2 aliphatic heterocycles. The summed E-state index contributed by atoms with van der Waals surface area (Å²) in [7, 11) is 0. The van der Waals surface area contributed by atoms with E-state index in [1.807, 2.05) is 38.1 Å². The number of hydrogen-bond donors (Lipinski definition) is 1. The minimum atomic E-state index is -0.699. The van der Waals surface area contributed by atoms with Gasteiger partial charge in [-0.2, -0.15) is 0 Å². The van der Waals surface area contributed by atoms with E-state index >= 15 is 0 Å². The third kappa shape index (κ3) is 6.22. The molecule has 2 aromatic rings. The van der Waals surface area contributed by atoms with Crippen LogP contribution >= 0.6 is 0 Å². The zero-order valence-corrected chi connectivity index (χ0v) is 22.2. The number of hydrogen-bond acceptors (Lipinski definition) is 5. The van der Waals surface area contributed by atoms with Crippen molar-refractivity contribution in [1.82, 2.24) is 4.90 Å². The number of nitrogens with one attached hydrogen (secondary N) is 1. The second-order valence-corrected chi connectivity index (χ2v) is 10.0. The molecule has 7 heteroatoms. The Morgan fingerprint density at radius 3 is 2.49 bits per heavy atom. The summed E-state index contributed by atoms with van der Waals surface area (Å²) in [6, 6.07) is 12.3. The molecule has 1 amide bonds. The van der Waals surface area contributed by atoms with Crippen LogP contribution in [0.2, 0.25) is 0 Å².